The minimum absolute atomic E-state index is 0.0846. The summed E-state index contributed by atoms with van der Waals surface area (Å²) in [6.45, 7) is 4.62. The first kappa shape index (κ1) is 18.8. The molecule has 1 aromatic rings. The number of carbonyl (C=O) groups is 2. The molecule has 0 saturated carbocycles. The number of halogens is 2. The number of amides is 2. The number of aliphatic hydroxyl groups is 1. The minimum atomic E-state index is -0.882. The number of benzene rings is 1. The van der Waals surface area contributed by atoms with Gasteiger partial charge in [0.15, 0.2) is 0 Å². The van der Waals surface area contributed by atoms with Gasteiger partial charge >= 0.3 is 0 Å². The van der Waals surface area contributed by atoms with E-state index in [1.807, 2.05) is 0 Å². The van der Waals surface area contributed by atoms with Crippen LogP contribution in [0, 0.1) is 5.92 Å². The Bertz CT molecular complexity index is 608. The monoisotopic (exact) mass is 370 g/mol. The second kappa shape index (κ2) is 8.51. The lowest BCUT2D eigenvalue weighted by Crippen LogP contribution is -2.43. The average Bonchev–Trinajstić information content (AvgIpc) is 2.57. The summed E-state index contributed by atoms with van der Waals surface area (Å²) in [6.07, 6.45) is 1.61. The lowest BCUT2D eigenvalue weighted by atomic mass is 9.95. The molecule has 2 rings (SSSR count). The van der Waals surface area contributed by atoms with Crippen molar-refractivity contribution in [2.75, 3.05) is 19.6 Å². The van der Waals surface area contributed by atoms with Gasteiger partial charge in [-0.1, -0.05) is 29.8 Å². The Morgan fingerprint density at radius 3 is 2.42 bits per heavy atom. The van der Waals surface area contributed by atoms with Crippen molar-refractivity contribution in [3.8, 4) is 0 Å². The fraction of sp³-hybridized carbons (Fsp3) is 0.412. The van der Waals surface area contributed by atoms with Crippen LogP contribution in [0.2, 0.25) is 10.0 Å². The van der Waals surface area contributed by atoms with Crippen LogP contribution in [0.25, 0.3) is 0 Å². The third kappa shape index (κ3) is 4.97. The highest BCUT2D eigenvalue weighted by Crippen LogP contribution is 2.23. The van der Waals surface area contributed by atoms with Gasteiger partial charge in [0.05, 0.1) is 6.10 Å². The maximum absolute atomic E-state index is 12.2. The molecule has 1 aromatic carbocycles. The fourth-order valence-electron chi connectivity index (χ4n) is 2.72. The van der Waals surface area contributed by atoms with Crippen LogP contribution in [0.15, 0.2) is 30.9 Å². The summed E-state index contributed by atoms with van der Waals surface area (Å²) in [5, 5.41) is 13.8. The van der Waals surface area contributed by atoms with Gasteiger partial charge in [0.25, 0.3) is 0 Å². The van der Waals surface area contributed by atoms with E-state index in [1.54, 1.807) is 23.1 Å². The van der Waals surface area contributed by atoms with Gasteiger partial charge in [-0.25, -0.2) is 0 Å². The van der Waals surface area contributed by atoms with Crippen molar-refractivity contribution in [2.24, 2.45) is 5.92 Å². The molecule has 0 aromatic heterocycles. The number of likely N-dealkylation sites (tertiary alicyclic amines) is 1. The standard InChI is InChI=1S/C17H20Cl2N2O3/c1-2-16(23)21-5-3-11(4-6-21)17(24)20-10-15(22)12-7-13(18)9-14(19)8-12/h2,7-9,11,15,22H,1,3-6,10H2,(H,20,24). The van der Waals surface area contributed by atoms with E-state index in [-0.39, 0.29) is 24.3 Å². The summed E-state index contributed by atoms with van der Waals surface area (Å²) in [7, 11) is 0. The highest BCUT2D eigenvalue weighted by molar-refractivity contribution is 6.34. The molecule has 2 N–H and O–H groups in total. The molecular weight excluding hydrogens is 351 g/mol. The van der Waals surface area contributed by atoms with Gasteiger partial charge in [-0.05, 0) is 42.7 Å². The first-order valence-electron chi connectivity index (χ1n) is 7.74. The second-order valence-electron chi connectivity index (χ2n) is 5.77. The number of rotatable bonds is 5. The van der Waals surface area contributed by atoms with E-state index in [0.717, 1.165) is 0 Å². The summed E-state index contributed by atoms with van der Waals surface area (Å²) < 4.78 is 0. The van der Waals surface area contributed by atoms with Crippen LogP contribution in [0.4, 0.5) is 0 Å². The molecule has 24 heavy (non-hydrogen) atoms. The number of nitrogens with one attached hydrogen (secondary N) is 1. The third-order valence-corrected chi connectivity index (χ3v) is 4.53. The van der Waals surface area contributed by atoms with E-state index >= 15 is 0 Å². The molecule has 130 valence electrons. The Hall–Kier alpha value is -1.56. The topological polar surface area (TPSA) is 69.6 Å². The van der Waals surface area contributed by atoms with Crippen LogP contribution >= 0.6 is 23.2 Å². The summed E-state index contributed by atoms with van der Waals surface area (Å²) in [6, 6.07) is 4.81. The Balaban J connectivity index is 1.83. The highest BCUT2D eigenvalue weighted by Gasteiger charge is 2.26. The van der Waals surface area contributed by atoms with Crippen molar-refractivity contribution in [3.05, 3.63) is 46.5 Å². The zero-order chi connectivity index (χ0) is 17.7. The SMILES string of the molecule is C=CC(=O)N1CCC(C(=O)NCC(O)c2cc(Cl)cc(Cl)c2)CC1. The van der Waals surface area contributed by atoms with Crippen molar-refractivity contribution in [1.29, 1.82) is 0 Å². The van der Waals surface area contributed by atoms with Crippen LogP contribution in [0.5, 0.6) is 0 Å². The van der Waals surface area contributed by atoms with Gasteiger partial charge in [-0.3, -0.25) is 9.59 Å². The van der Waals surface area contributed by atoms with Crippen LogP contribution in [-0.4, -0.2) is 41.5 Å². The first-order valence-corrected chi connectivity index (χ1v) is 8.49. The Morgan fingerprint density at radius 2 is 1.88 bits per heavy atom. The zero-order valence-electron chi connectivity index (χ0n) is 13.2. The van der Waals surface area contributed by atoms with E-state index in [9.17, 15) is 14.7 Å². The molecule has 1 fully saturated rings. The van der Waals surface area contributed by atoms with Crippen LogP contribution < -0.4 is 5.32 Å². The maximum Gasteiger partial charge on any atom is 0.245 e. The summed E-state index contributed by atoms with van der Waals surface area (Å²) in [5.41, 5.74) is 0.555. The molecular formula is C17H20Cl2N2O3. The van der Waals surface area contributed by atoms with Crippen LogP contribution in [0.3, 0.4) is 0 Å². The molecule has 1 aliphatic rings. The molecule has 1 unspecified atom stereocenters. The molecule has 0 bridgehead atoms. The van der Waals surface area contributed by atoms with Gasteiger partial charge in [-0.15, -0.1) is 0 Å². The molecule has 5 nitrogen and oxygen atoms in total. The Labute approximate surface area is 151 Å². The minimum Gasteiger partial charge on any atom is -0.387 e. The van der Waals surface area contributed by atoms with Crippen LogP contribution in [0.1, 0.15) is 24.5 Å². The summed E-state index contributed by atoms with van der Waals surface area (Å²) in [5.74, 6) is -0.385. The van der Waals surface area contributed by atoms with Crippen molar-refractivity contribution in [3.63, 3.8) is 0 Å². The van der Waals surface area contributed by atoms with Gasteiger partial charge in [-0.2, -0.15) is 0 Å². The smallest absolute Gasteiger partial charge is 0.245 e. The molecule has 7 heteroatoms. The number of aliphatic hydroxyl groups excluding tert-OH is 1. The van der Waals surface area contributed by atoms with Crippen molar-refractivity contribution in [2.45, 2.75) is 18.9 Å². The summed E-state index contributed by atoms with van der Waals surface area (Å²) >= 11 is 11.8. The normalized spacial score (nSPS) is 16.5. The third-order valence-electron chi connectivity index (χ3n) is 4.09. The Kier molecular flexibility index (Phi) is 6.66. The number of piperidine rings is 1. The van der Waals surface area contributed by atoms with Gasteiger partial charge < -0.3 is 15.3 Å². The Morgan fingerprint density at radius 1 is 1.29 bits per heavy atom. The second-order valence-corrected chi connectivity index (χ2v) is 6.64. The van der Waals surface area contributed by atoms with Gasteiger partial charge in [0, 0.05) is 35.6 Å². The maximum atomic E-state index is 12.2. The number of carbonyl (C=O) groups excluding carboxylic acids is 2. The highest BCUT2D eigenvalue weighted by atomic mass is 35.5. The lowest BCUT2D eigenvalue weighted by molar-refractivity contribution is -0.132. The molecule has 1 saturated heterocycles. The number of nitrogens with zero attached hydrogens (tertiary/aromatic N) is 1. The predicted octanol–water partition coefficient (Wildman–Crippen LogP) is 2.57. The molecule has 1 atom stereocenters. The van der Waals surface area contributed by atoms with E-state index in [1.165, 1.54) is 6.08 Å². The largest absolute Gasteiger partial charge is 0.387 e. The van der Waals surface area contributed by atoms with E-state index < -0.39 is 6.10 Å². The molecule has 1 aliphatic heterocycles. The van der Waals surface area contributed by atoms with E-state index in [4.69, 9.17) is 23.2 Å². The number of hydrogen-bond donors (Lipinski definition) is 2. The summed E-state index contributed by atoms with van der Waals surface area (Å²) in [4.78, 5) is 25.4. The zero-order valence-corrected chi connectivity index (χ0v) is 14.7. The van der Waals surface area contributed by atoms with Crippen molar-refractivity contribution in [1.82, 2.24) is 10.2 Å². The molecule has 1 heterocycles. The molecule has 2 amide bonds. The van der Waals surface area contributed by atoms with Gasteiger partial charge in [0.2, 0.25) is 11.8 Å². The first-order chi connectivity index (χ1) is 11.4. The van der Waals surface area contributed by atoms with Crippen molar-refractivity contribution >= 4 is 35.0 Å². The van der Waals surface area contributed by atoms with E-state index in [0.29, 0.717) is 41.5 Å². The van der Waals surface area contributed by atoms with Crippen molar-refractivity contribution < 1.29 is 14.7 Å². The fourth-order valence-corrected chi connectivity index (χ4v) is 3.26. The van der Waals surface area contributed by atoms with Gasteiger partial charge in [0.1, 0.15) is 0 Å². The van der Waals surface area contributed by atoms with Crippen LogP contribution in [-0.2, 0) is 9.59 Å². The predicted molar refractivity (Wildman–Crippen MR) is 93.9 cm³/mol. The molecule has 0 spiro atoms. The molecule has 0 radical (unpaired) electrons. The lowest BCUT2D eigenvalue weighted by Gasteiger charge is -2.30. The number of hydrogen-bond acceptors (Lipinski definition) is 3. The molecule has 0 aliphatic carbocycles. The quantitative estimate of drug-likeness (QED) is 0.782. The average molecular weight is 371 g/mol. The van der Waals surface area contributed by atoms with E-state index in [2.05, 4.69) is 11.9 Å².